The third-order valence-electron chi connectivity index (χ3n) is 3.61. The van der Waals surface area contributed by atoms with Crippen molar-refractivity contribution >= 4 is 10.8 Å². The Morgan fingerprint density at radius 1 is 1.29 bits per heavy atom. The van der Waals surface area contributed by atoms with Crippen molar-refractivity contribution in [2.45, 2.75) is 51.8 Å². The maximum absolute atomic E-state index is 12.2. The first-order valence-corrected chi connectivity index (χ1v) is 9.36. The van der Waals surface area contributed by atoms with Gasteiger partial charge in [-0.2, -0.15) is 0 Å². The third kappa shape index (κ3) is 6.18. The molecule has 0 aliphatic heterocycles. The van der Waals surface area contributed by atoms with Crippen LogP contribution in [0.5, 0.6) is 5.75 Å². The highest BCUT2D eigenvalue weighted by Crippen LogP contribution is 2.25. The quantitative estimate of drug-likeness (QED) is 0.668. The molecular formula is C17H29NO2S. The topological polar surface area (TPSA) is 38.3 Å². The molecule has 3 nitrogen and oxygen atoms in total. The summed E-state index contributed by atoms with van der Waals surface area (Å²) in [6.07, 6.45) is 3.36. The van der Waals surface area contributed by atoms with Crippen LogP contribution < -0.4 is 10.1 Å². The van der Waals surface area contributed by atoms with Crippen LogP contribution in [0.25, 0.3) is 0 Å². The first kappa shape index (κ1) is 18.2. The molecule has 2 unspecified atom stereocenters. The number of hydrogen-bond acceptors (Lipinski definition) is 3. The second-order valence-corrected chi connectivity index (χ2v) is 6.92. The summed E-state index contributed by atoms with van der Waals surface area (Å²) in [6, 6.07) is 6.49. The first-order chi connectivity index (χ1) is 10.1. The van der Waals surface area contributed by atoms with E-state index < -0.39 is 10.8 Å². The minimum atomic E-state index is -0.810. The van der Waals surface area contributed by atoms with Crippen molar-refractivity contribution in [2.75, 3.05) is 19.4 Å². The van der Waals surface area contributed by atoms with Crippen molar-refractivity contribution in [3.05, 3.63) is 29.3 Å². The molecule has 2 atom stereocenters. The van der Waals surface area contributed by atoms with Gasteiger partial charge in [0.25, 0.3) is 0 Å². The van der Waals surface area contributed by atoms with Crippen LogP contribution in [-0.4, -0.2) is 23.6 Å². The average molecular weight is 311 g/mol. The summed E-state index contributed by atoms with van der Waals surface area (Å²) < 4.78 is 17.6. The minimum Gasteiger partial charge on any atom is -0.496 e. The predicted molar refractivity (Wildman–Crippen MR) is 91.3 cm³/mol. The highest BCUT2D eigenvalue weighted by atomic mass is 32.2. The molecule has 0 amide bonds. The number of rotatable bonds is 10. The number of hydrogen-bond donors (Lipinski definition) is 1. The number of ether oxygens (including phenoxy) is 1. The smallest absolute Gasteiger partial charge is 0.123 e. The zero-order valence-corrected chi connectivity index (χ0v) is 14.6. The van der Waals surface area contributed by atoms with Gasteiger partial charge in [0.1, 0.15) is 5.75 Å². The fourth-order valence-electron chi connectivity index (χ4n) is 2.36. The summed E-state index contributed by atoms with van der Waals surface area (Å²) in [5.41, 5.74) is 2.27. The predicted octanol–water partition coefficient (Wildman–Crippen LogP) is 3.80. The van der Waals surface area contributed by atoms with E-state index in [4.69, 9.17) is 4.74 Å². The van der Waals surface area contributed by atoms with E-state index in [1.54, 1.807) is 7.11 Å². The van der Waals surface area contributed by atoms with Crippen LogP contribution in [0, 0.1) is 0 Å². The number of methoxy groups -OCH3 is 1. The molecule has 1 N–H and O–H groups in total. The van der Waals surface area contributed by atoms with Gasteiger partial charge in [0, 0.05) is 28.2 Å². The van der Waals surface area contributed by atoms with Crippen molar-refractivity contribution in [3.8, 4) is 5.75 Å². The van der Waals surface area contributed by atoms with Gasteiger partial charge < -0.3 is 10.1 Å². The van der Waals surface area contributed by atoms with Crippen LogP contribution in [0.4, 0.5) is 0 Å². The summed E-state index contributed by atoms with van der Waals surface area (Å²) >= 11 is 0. The largest absolute Gasteiger partial charge is 0.496 e. The Balaban J connectivity index is 2.78. The molecule has 0 aliphatic rings. The lowest BCUT2D eigenvalue weighted by Gasteiger charge is -2.16. The lowest BCUT2D eigenvalue weighted by molar-refractivity contribution is 0.410. The summed E-state index contributed by atoms with van der Waals surface area (Å²) in [7, 11) is 0.863. The lowest BCUT2D eigenvalue weighted by Crippen LogP contribution is -2.18. The molecule has 4 heteroatoms. The van der Waals surface area contributed by atoms with Crippen LogP contribution in [-0.2, 0) is 16.6 Å². The maximum atomic E-state index is 12.2. The molecule has 0 aromatic heterocycles. The molecule has 0 fully saturated rings. The molecule has 1 aromatic carbocycles. The van der Waals surface area contributed by atoms with Gasteiger partial charge in [0.15, 0.2) is 0 Å². The number of benzene rings is 1. The van der Waals surface area contributed by atoms with Crippen molar-refractivity contribution in [1.82, 2.24) is 5.32 Å². The monoisotopic (exact) mass is 311 g/mol. The molecule has 0 heterocycles. The zero-order valence-electron chi connectivity index (χ0n) is 13.8. The van der Waals surface area contributed by atoms with Crippen molar-refractivity contribution in [1.29, 1.82) is 0 Å². The lowest BCUT2D eigenvalue weighted by atomic mass is 10.0. The molecule has 0 saturated carbocycles. The Labute approximate surface area is 131 Å². The zero-order chi connectivity index (χ0) is 15.7. The Bertz CT molecular complexity index is 448. The fraction of sp³-hybridized carbons (Fsp3) is 0.647. The van der Waals surface area contributed by atoms with Gasteiger partial charge in [-0.1, -0.05) is 32.8 Å². The van der Waals surface area contributed by atoms with Crippen LogP contribution >= 0.6 is 0 Å². The van der Waals surface area contributed by atoms with Crippen LogP contribution in [0.3, 0.4) is 0 Å². The van der Waals surface area contributed by atoms with E-state index in [1.807, 2.05) is 6.07 Å². The van der Waals surface area contributed by atoms with Gasteiger partial charge in [-0.05, 0) is 37.6 Å². The normalized spacial score (nSPS) is 13.9. The third-order valence-corrected chi connectivity index (χ3v) is 4.98. The molecule has 1 aromatic rings. The number of unbranched alkanes of at least 4 members (excludes halogenated alkanes) is 2. The van der Waals surface area contributed by atoms with Gasteiger partial charge in [-0.3, -0.25) is 4.21 Å². The van der Waals surface area contributed by atoms with Crippen LogP contribution in [0.2, 0.25) is 0 Å². The standard InChI is InChI=1S/C17H29NO2S/c1-5-7-8-11-21(19)13-16-12-15(14(3)18-6-2)9-10-17(16)20-4/h9-10,12,14,18H,5-8,11,13H2,1-4H3. The van der Waals surface area contributed by atoms with E-state index in [2.05, 4.69) is 38.2 Å². The molecule has 0 bridgehead atoms. The van der Waals surface area contributed by atoms with E-state index in [0.29, 0.717) is 11.8 Å². The van der Waals surface area contributed by atoms with Gasteiger partial charge in [0.2, 0.25) is 0 Å². The second kappa shape index (κ2) is 9.96. The molecule has 0 spiro atoms. The SMILES string of the molecule is CCCCCS(=O)Cc1cc(C(C)NCC)ccc1OC. The Kier molecular flexibility index (Phi) is 8.62. The van der Waals surface area contributed by atoms with E-state index in [1.165, 1.54) is 5.56 Å². The van der Waals surface area contributed by atoms with Gasteiger partial charge in [-0.15, -0.1) is 0 Å². The second-order valence-electron chi connectivity index (χ2n) is 5.35. The van der Waals surface area contributed by atoms with Crippen molar-refractivity contribution < 1.29 is 8.95 Å². The van der Waals surface area contributed by atoms with Crippen molar-refractivity contribution in [3.63, 3.8) is 0 Å². The highest BCUT2D eigenvalue weighted by Gasteiger charge is 2.11. The Hall–Kier alpha value is -0.870. The highest BCUT2D eigenvalue weighted by molar-refractivity contribution is 7.84. The summed E-state index contributed by atoms with van der Waals surface area (Å²) in [5.74, 6) is 2.20. The van der Waals surface area contributed by atoms with Gasteiger partial charge in [-0.25, -0.2) is 0 Å². The number of nitrogens with one attached hydrogen (secondary N) is 1. The van der Waals surface area contributed by atoms with E-state index in [0.717, 1.165) is 42.9 Å². The maximum Gasteiger partial charge on any atom is 0.123 e. The Morgan fingerprint density at radius 2 is 2.05 bits per heavy atom. The van der Waals surface area contributed by atoms with Crippen LogP contribution in [0.1, 0.15) is 57.2 Å². The molecular weight excluding hydrogens is 282 g/mol. The van der Waals surface area contributed by atoms with Gasteiger partial charge >= 0.3 is 0 Å². The minimum absolute atomic E-state index is 0.299. The van der Waals surface area contributed by atoms with E-state index >= 15 is 0 Å². The molecule has 21 heavy (non-hydrogen) atoms. The van der Waals surface area contributed by atoms with Gasteiger partial charge in [0.05, 0.1) is 12.9 Å². The molecule has 0 radical (unpaired) electrons. The average Bonchev–Trinajstić information content (AvgIpc) is 2.47. The van der Waals surface area contributed by atoms with E-state index in [-0.39, 0.29) is 0 Å². The molecule has 120 valence electrons. The fourth-order valence-corrected chi connectivity index (χ4v) is 3.61. The van der Waals surface area contributed by atoms with Crippen LogP contribution in [0.15, 0.2) is 18.2 Å². The summed E-state index contributed by atoms with van der Waals surface area (Å²) in [4.78, 5) is 0. The molecule has 0 aliphatic carbocycles. The molecule has 0 saturated heterocycles. The Morgan fingerprint density at radius 3 is 2.67 bits per heavy atom. The summed E-state index contributed by atoms with van der Waals surface area (Å²) in [6.45, 7) is 7.35. The first-order valence-electron chi connectivity index (χ1n) is 7.87. The van der Waals surface area contributed by atoms with E-state index in [9.17, 15) is 4.21 Å². The molecule has 1 rings (SSSR count). The van der Waals surface area contributed by atoms with Crippen molar-refractivity contribution in [2.24, 2.45) is 0 Å². The summed E-state index contributed by atoms with van der Waals surface area (Å²) in [5, 5.41) is 3.41.